The Labute approximate surface area is 104 Å². The maximum absolute atomic E-state index is 10.8. The number of rotatable bonds is 4. The number of carboxylic acid groups (broad SMARTS) is 1. The van der Waals surface area contributed by atoms with Crippen LogP contribution in [0.25, 0.3) is 0 Å². The number of thiazole rings is 1. The average Bonchev–Trinajstić information content (AvgIpc) is 2.79. The van der Waals surface area contributed by atoms with Gasteiger partial charge in [-0.1, -0.05) is 0 Å². The molecule has 1 aromatic heterocycles. The number of nitrogens with zero attached hydrogens (tertiary/aromatic N) is 2. The Hall–Kier alpha value is -1.14. The highest BCUT2D eigenvalue weighted by Crippen LogP contribution is 2.27. The first-order valence-corrected chi connectivity index (χ1v) is 6.63. The van der Waals surface area contributed by atoms with Crippen LogP contribution < -0.4 is 4.90 Å². The van der Waals surface area contributed by atoms with E-state index in [0.29, 0.717) is 5.92 Å². The molecule has 1 aliphatic heterocycles. The topological polar surface area (TPSA) is 73.7 Å². The summed E-state index contributed by atoms with van der Waals surface area (Å²) in [5.74, 6) is -0.484. The Bertz CT molecular complexity index is 392. The van der Waals surface area contributed by atoms with Gasteiger partial charge in [-0.05, 0) is 25.2 Å². The Morgan fingerprint density at radius 1 is 1.65 bits per heavy atom. The van der Waals surface area contributed by atoms with Gasteiger partial charge < -0.3 is 15.1 Å². The lowest BCUT2D eigenvalue weighted by Crippen LogP contribution is -2.35. The minimum Gasteiger partial charge on any atom is -0.476 e. The summed E-state index contributed by atoms with van der Waals surface area (Å²) in [5, 5.41) is 20.1. The predicted molar refractivity (Wildman–Crippen MR) is 65.7 cm³/mol. The van der Waals surface area contributed by atoms with Gasteiger partial charge in [0.1, 0.15) is 0 Å². The molecule has 1 unspecified atom stereocenters. The van der Waals surface area contributed by atoms with E-state index < -0.39 is 5.97 Å². The van der Waals surface area contributed by atoms with Crippen molar-refractivity contribution in [2.24, 2.45) is 5.92 Å². The number of carboxylic acids is 1. The Balaban J connectivity index is 2.02. The van der Waals surface area contributed by atoms with E-state index in [-0.39, 0.29) is 12.3 Å². The van der Waals surface area contributed by atoms with Gasteiger partial charge in [0, 0.05) is 25.1 Å². The smallest absolute Gasteiger partial charge is 0.355 e. The number of aromatic nitrogens is 1. The molecule has 0 aliphatic carbocycles. The minimum atomic E-state index is -0.976. The van der Waals surface area contributed by atoms with Crippen LogP contribution in [0.4, 0.5) is 5.13 Å². The summed E-state index contributed by atoms with van der Waals surface area (Å²) >= 11 is 1.38. The number of piperidine rings is 1. The molecule has 6 heteroatoms. The number of aliphatic hydroxyl groups excluding tert-OH is 1. The highest BCUT2D eigenvalue weighted by Gasteiger charge is 2.22. The fourth-order valence-electron chi connectivity index (χ4n) is 2.16. The number of carbonyl (C=O) groups is 1. The molecule has 0 amide bonds. The van der Waals surface area contributed by atoms with E-state index in [1.54, 1.807) is 5.38 Å². The third-order valence-corrected chi connectivity index (χ3v) is 3.94. The third kappa shape index (κ3) is 2.95. The third-order valence-electron chi connectivity index (χ3n) is 3.04. The maximum atomic E-state index is 10.8. The molecule has 0 bridgehead atoms. The van der Waals surface area contributed by atoms with Crippen molar-refractivity contribution in [3.63, 3.8) is 0 Å². The first-order valence-electron chi connectivity index (χ1n) is 5.75. The van der Waals surface area contributed by atoms with E-state index in [4.69, 9.17) is 10.2 Å². The number of aliphatic hydroxyl groups is 1. The number of hydrogen-bond acceptors (Lipinski definition) is 5. The molecule has 2 heterocycles. The van der Waals surface area contributed by atoms with Crippen LogP contribution >= 0.6 is 11.3 Å². The summed E-state index contributed by atoms with van der Waals surface area (Å²) in [6.45, 7) is 2.01. The van der Waals surface area contributed by atoms with Gasteiger partial charge in [0.15, 0.2) is 10.8 Å². The summed E-state index contributed by atoms with van der Waals surface area (Å²) < 4.78 is 0. The fraction of sp³-hybridized carbons (Fsp3) is 0.636. The quantitative estimate of drug-likeness (QED) is 0.852. The number of aromatic carboxylic acids is 1. The van der Waals surface area contributed by atoms with Crippen LogP contribution in [0.1, 0.15) is 29.8 Å². The molecule has 1 atom stereocenters. The molecule has 2 rings (SSSR count). The van der Waals surface area contributed by atoms with Gasteiger partial charge >= 0.3 is 5.97 Å². The number of anilines is 1. The molecule has 1 saturated heterocycles. The zero-order chi connectivity index (χ0) is 12.3. The van der Waals surface area contributed by atoms with Crippen LogP contribution in [-0.4, -0.2) is 40.9 Å². The summed E-state index contributed by atoms with van der Waals surface area (Å²) in [7, 11) is 0. The highest BCUT2D eigenvalue weighted by atomic mass is 32.1. The lowest BCUT2D eigenvalue weighted by Gasteiger charge is -2.32. The predicted octanol–water partition coefficient (Wildman–Crippen LogP) is 1.44. The molecular formula is C11H16N2O3S. The molecular weight excluding hydrogens is 240 g/mol. The van der Waals surface area contributed by atoms with E-state index >= 15 is 0 Å². The van der Waals surface area contributed by atoms with Crippen LogP contribution in [0.3, 0.4) is 0 Å². The zero-order valence-electron chi connectivity index (χ0n) is 9.50. The molecule has 0 radical (unpaired) electrons. The molecule has 1 fully saturated rings. The van der Waals surface area contributed by atoms with E-state index in [9.17, 15) is 4.79 Å². The van der Waals surface area contributed by atoms with Crippen molar-refractivity contribution < 1.29 is 15.0 Å². The van der Waals surface area contributed by atoms with Crippen LogP contribution in [0.15, 0.2) is 5.38 Å². The lowest BCUT2D eigenvalue weighted by molar-refractivity contribution is 0.0691. The van der Waals surface area contributed by atoms with Crippen LogP contribution in [0, 0.1) is 5.92 Å². The van der Waals surface area contributed by atoms with Gasteiger partial charge in [-0.15, -0.1) is 11.3 Å². The van der Waals surface area contributed by atoms with Crippen molar-refractivity contribution in [1.29, 1.82) is 0 Å². The van der Waals surface area contributed by atoms with Gasteiger partial charge in [0.25, 0.3) is 0 Å². The summed E-state index contributed by atoms with van der Waals surface area (Å²) in [6, 6.07) is 0. The van der Waals surface area contributed by atoms with Crippen LogP contribution in [0.2, 0.25) is 0 Å². The summed E-state index contributed by atoms with van der Waals surface area (Å²) in [5.41, 5.74) is 0.120. The van der Waals surface area contributed by atoms with Crippen molar-refractivity contribution in [2.75, 3.05) is 24.6 Å². The van der Waals surface area contributed by atoms with Gasteiger partial charge in [-0.3, -0.25) is 0 Å². The molecule has 1 aromatic rings. The molecule has 0 spiro atoms. The Kier molecular flexibility index (Phi) is 3.96. The van der Waals surface area contributed by atoms with E-state index in [1.807, 2.05) is 0 Å². The Morgan fingerprint density at radius 2 is 2.47 bits per heavy atom. The monoisotopic (exact) mass is 256 g/mol. The van der Waals surface area contributed by atoms with Gasteiger partial charge in [-0.25, -0.2) is 9.78 Å². The highest BCUT2D eigenvalue weighted by molar-refractivity contribution is 7.13. The second kappa shape index (κ2) is 5.46. The summed E-state index contributed by atoms with van der Waals surface area (Å²) in [4.78, 5) is 17.0. The van der Waals surface area contributed by atoms with E-state index in [0.717, 1.165) is 37.5 Å². The van der Waals surface area contributed by atoms with E-state index in [2.05, 4.69) is 9.88 Å². The normalized spacial score (nSPS) is 20.5. The molecule has 1 aliphatic rings. The molecule has 5 nitrogen and oxygen atoms in total. The molecule has 94 valence electrons. The first kappa shape index (κ1) is 12.3. The second-order valence-electron chi connectivity index (χ2n) is 4.29. The van der Waals surface area contributed by atoms with Crippen molar-refractivity contribution in [1.82, 2.24) is 4.98 Å². The zero-order valence-corrected chi connectivity index (χ0v) is 10.3. The van der Waals surface area contributed by atoms with Crippen molar-refractivity contribution in [2.45, 2.75) is 19.3 Å². The SMILES string of the molecule is O=C(O)c1csc(N2CCCC(CCO)C2)n1. The van der Waals surface area contributed by atoms with Gasteiger partial charge in [0.2, 0.25) is 0 Å². The van der Waals surface area contributed by atoms with Gasteiger partial charge in [0.05, 0.1) is 0 Å². The molecule has 17 heavy (non-hydrogen) atoms. The largest absolute Gasteiger partial charge is 0.476 e. The van der Waals surface area contributed by atoms with Crippen molar-refractivity contribution in [3.8, 4) is 0 Å². The fourth-order valence-corrected chi connectivity index (χ4v) is 3.00. The standard InChI is InChI=1S/C11H16N2O3S/c14-5-3-8-2-1-4-13(6-8)11-12-9(7-17-11)10(15)16/h7-8,14H,1-6H2,(H,15,16). The van der Waals surface area contributed by atoms with Crippen molar-refractivity contribution >= 4 is 22.4 Å². The average molecular weight is 256 g/mol. The first-order chi connectivity index (χ1) is 8.20. The summed E-state index contributed by atoms with van der Waals surface area (Å²) in [6.07, 6.45) is 3.02. The van der Waals surface area contributed by atoms with Crippen LogP contribution in [-0.2, 0) is 0 Å². The molecule has 0 saturated carbocycles. The van der Waals surface area contributed by atoms with Crippen molar-refractivity contribution in [3.05, 3.63) is 11.1 Å². The number of hydrogen-bond donors (Lipinski definition) is 2. The molecule has 2 N–H and O–H groups in total. The lowest BCUT2D eigenvalue weighted by atomic mass is 9.95. The second-order valence-corrected chi connectivity index (χ2v) is 5.12. The molecule has 0 aromatic carbocycles. The maximum Gasteiger partial charge on any atom is 0.355 e. The Morgan fingerprint density at radius 3 is 3.12 bits per heavy atom. The van der Waals surface area contributed by atoms with Crippen LogP contribution in [0.5, 0.6) is 0 Å². The van der Waals surface area contributed by atoms with E-state index in [1.165, 1.54) is 11.3 Å². The van der Waals surface area contributed by atoms with Gasteiger partial charge in [-0.2, -0.15) is 0 Å². The minimum absolute atomic E-state index is 0.120.